The lowest BCUT2D eigenvalue weighted by Gasteiger charge is -2.32. The van der Waals surface area contributed by atoms with Crippen molar-refractivity contribution in [3.63, 3.8) is 0 Å². The number of ether oxygens (including phenoxy) is 1. The van der Waals surface area contributed by atoms with Gasteiger partial charge in [0.15, 0.2) is 0 Å². The number of rotatable bonds is 2. The van der Waals surface area contributed by atoms with Crippen molar-refractivity contribution in [3.8, 4) is 0 Å². The Morgan fingerprint density at radius 2 is 1.91 bits per heavy atom. The molecule has 3 nitrogen and oxygen atoms in total. The average molecular weight is 158 g/mol. The van der Waals surface area contributed by atoms with Crippen LogP contribution in [0.2, 0.25) is 0 Å². The van der Waals surface area contributed by atoms with E-state index in [0.29, 0.717) is 0 Å². The van der Waals surface area contributed by atoms with Crippen LogP contribution in [-0.4, -0.2) is 42.5 Å². The maximum atomic E-state index is 9.58. The Morgan fingerprint density at radius 1 is 1.36 bits per heavy atom. The molecule has 1 atom stereocenters. The van der Waals surface area contributed by atoms with Crippen LogP contribution in [0, 0.1) is 5.92 Å². The summed E-state index contributed by atoms with van der Waals surface area (Å²) in [5, 5.41) is 9.58. The minimum atomic E-state index is -0.376. The highest BCUT2D eigenvalue weighted by molar-refractivity contribution is 4.87. The van der Waals surface area contributed by atoms with Crippen molar-refractivity contribution in [1.82, 2.24) is 4.90 Å². The summed E-state index contributed by atoms with van der Waals surface area (Å²) in [6, 6.07) is 0. The summed E-state index contributed by atoms with van der Waals surface area (Å²) >= 11 is 0. The lowest BCUT2D eigenvalue weighted by molar-refractivity contribution is -0.0500. The van der Waals surface area contributed by atoms with E-state index in [1.54, 1.807) is 0 Å². The molecule has 0 aliphatic carbocycles. The molecule has 1 heterocycles. The number of nitrogens with zero attached hydrogens (tertiary/aromatic N) is 1. The molecule has 65 valence electrons. The van der Waals surface area contributed by atoms with Crippen LogP contribution < -0.4 is 0 Å². The molecule has 1 N–H and O–H groups in total. The Morgan fingerprint density at radius 3 is 2.36 bits per heavy atom. The summed E-state index contributed by atoms with van der Waals surface area (Å²) in [5.74, 6) is 1.05. The van der Waals surface area contributed by atoms with Crippen molar-refractivity contribution >= 4 is 0 Å². The number of hydrogen-bond donors (Lipinski definition) is 1. The molecule has 11 heavy (non-hydrogen) atoms. The van der Waals surface area contributed by atoms with E-state index < -0.39 is 0 Å². The topological polar surface area (TPSA) is 32.7 Å². The third kappa shape index (κ3) is 2.43. The average Bonchev–Trinajstić information content (AvgIpc) is 2.05. The monoisotopic (exact) mass is 158 g/mol. The molecule has 1 aliphatic heterocycles. The van der Waals surface area contributed by atoms with Crippen LogP contribution in [-0.2, 0) is 4.74 Å². The lowest BCUT2D eigenvalue weighted by atomic mass is 10.1. The summed E-state index contributed by atoms with van der Waals surface area (Å²) in [7, 11) is 0. The van der Waals surface area contributed by atoms with Crippen molar-refractivity contribution in [2.45, 2.75) is 20.1 Å². The number of hydrogen-bond acceptors (Lipinski definition) is 3. The molecule has 1 unspecified atom stereocenters. The molecule has 1 rings (SSSR count). The normalized spacial score (nSPS) is 24.0. The molecule has 1 aliphatic rings. The van der Waals surface area contributed by atoms with E-state index in [2.05, 4.69) is 0 Å². The number of morpholine rings is 1. The minimum Gasteiger partial charge on any atom is -0.379 e. The van der Waals surface area contributed by atoms with E-state index in [1.165, 1.54) is 0 Å². The summed E-state index contributed by atoms with van der Waals surface area (Å²) in [4.78, 5) is 2.03. The third-order valence-corrected chi connectivity index (χ3v) is 1.91. The van der Waals surface area contributed by atoms with Crippen molar-refractivity contribution < 1.29 is 9.84 Å². The van der Waals surface area contributed by atoms with Gasteiger partial charge in [0.1, 0.15) is 6.23 Å². The highest BCUT2D eigenvalue weighted by Gasteiger charge is 2.20. The summed E-state index contributed by atoms with van der Waals surface area (Å²) in [5.41, 5.74) is 0. The van der Waals surface area contributed by atoms with Gasteiger partial charge < -0.3 is 9.84 Å². The minimum absolute atomic E-state index is 0.376. The highest BCUT2D eigenvalue weighted by atomic mass is 16.5. The fraction of sp³-hybridized carbons (Fsp3) is 0.875. The molecule has 0 aromatic rings. The van der Waals surface area contributed by atoms with E-state index in [4.69, 9.17) is 4.74 Å². The smallest absolute Gasteiger partial charge is 0.113 e. The van der Waals surface area contributed by atoms with Crippen LogP contribution in [0.4, 0.5) is 0 Å². The van der Waals surface area contributed by atoms with E-state index in [1.807, 2.05) is 18.7 Å². The van der Waals surface area contributed by atoms with Gasteiger partial charge in [-0.1, -0.05) is 13.8 Å². The third-order valence-electron chi connectivity index (χ3n) is 1.91. The molecular formula is C8H16NO2. The molecule has 0 saturated carbocycles. The second-order valence-corrected chi connectivity index (χ2v) is 3.10. The molecule has 0 bridgehead atoms. The second-order valence-electron chi connectivity index (χ2n) is 3.10. The van der Waals surface area contributed by atoms with Crippen molar-refractivity contribution in [1.29, 1.82) is 0 Å². The molecule has 0 aromatic heterocycles. The first kappa shape index (κ1) is 8.97. The Labute approximate surface area is 68.0 Å². The molecule has 3 heteroatoms. The van der Waals surface area contributed by atoms with Crippen molar-refractivity contribution in [2.75, 3.05) is 26.3 Å². The SMILES string of the molecule is C[C](C)C(O)N1CCOCC1. The molecule has 1 saturated heterocycles. The Bertz CT molecular complexity index is 111. The van der Waals surface area contributed by atoms with Gasteiger partial charge in [-0.05, 0) is 0 Å². The van der Waals surface area contributed by atoms with Gasteiger partial charge >= 0.3 is 0 Å². The second kappa shape index (κ2) is 4.04. The standard InChI is InChI=1S/C8H16NO2/c1-7(2)8(10)9-3-5-11-6-4-9/h8,10H,3-6H2,1-2H3. The summed E-state index contributed by atoms with van der Waals surface area (Å²) < 4.78 is 5.17. The van der Waals surface area contributed by atoms with Gasteiger partial charge in [0.05, 0.1) is 13.2 Å². The van der Waals surface area contributed by atoms with E-state index in [9.17, 15) is 5.11 Å². The van der Waals surface area contributed by atoms with Gasteiger partial charge in [-0.3, -0.25) is 4.90 Å². The first-order valence-corrected chi connectivity index (χ1v) is 4.01. The van der Waals surface area contributed by atoms with Gasteiger partial charge in [0.2, 0.25) is 0 Å². The largest absolute Gasteiger partial charge is 0.379 e. The zero-order valence-electron chi connectivity index (χ0n) is 7.21. The van der Waals surface area contributed by atoms with E-state index >= 15 is 0 Å². The first-order valence-electron chi connectivity index (χ1n) is 4.01. The molecule has 0 amide bonds. The van der Waals surface area contributed by atoms with Gasteiger partial charge in [0, 0.05) is 19.0 Å². The zero-order chi connectivity index (χ0) is 8.27. The van der Waals surface area contributed by atoms with Gasteiger partial charge in [-0.15, -0.1) is 0 Å². The van der Waals surface area contributed by atoms with Crippen molar-refractivity contribution in [2.24, 2.45) is 0 Å². The zero-order valence-corrected chi connectivity index (χ0v) is 7.21. The molecule has 0 aromatic carbocycles. The summed E-state index contributed by atoms with van der Waals surface area (Å²) in [6.07, 6.45) is -0.376. The van der Waals surface area contributed by atoms with Crippen LogP contribution in [0.5, 0.6) is 0 Å². The Kier molecular flexibility index (Phi) is 3.30. The fourth-order valence-electron chi connectivity index (χ4n) is 1.19. The van der Waals surface area contributed by atoms with Crippen LogP contribution in [0.25, 0.3) is 0 Å². The predicted octanol–water partition coefficient (Wildman–Crippen LogP) is 0.251. The Balaban J connectivity index is 2.32. The molecule has 0 spiro atoms. The van der Waals surface area contributed by atoms with E-state index in [-0.39, 0.29) is 6.23 Å². The van der Waals surface area contributed by atoms with Gasteiger partial charge in [-0.2, -0.15) is 0 Å². The van der Waals surface area contributed by atoms with Crippen LogP contribution in [0.15, 0.2) is 0 Å². The highest BCUT2D eigenvalue weighted by Crippen LogP contribution is 2.10. The number of aliphatic hydroxyl groups is 1. The summed E-state index contributed by atoms with van der Waals surface area (Å²) in [6.45, 7) is 7.05. The molecule has 1 radical (unpaired) electrons. The van der Waals surface area contributed by atoms with E-state index in [0.717, 1.165) is 32.2 Å². The maximum absolute atomic E-state index is 9.58. The Hall–Kier alpha value is -0.120. The van der Waals surface area contributed by atoms with Crippen LogP contribution in [0.3, 0.4) is 0 Å². The van der Waals surface area contributed by atoms with Gasteiger partial charge in [-0.25, -0.2) is 0 Å². The maximum Gasteiger partial charge on any atom is 0.113 e. The van der Waals surface area contributed by atoms with Crippen LogP contribution >= 0.6 is 0 Å². The fourth-order valence-corrected chi connectivity index (χ4v) is 1.19. The number of aliphatic hydroxyl groups excluding tert-OH is 1. The molecule has 1 fully saturated rings. The van der Waals surface area contributed by atoms with Gasteiger partial charge in [0.25, 0.3) is 0 Å². The van der Waals surface area contributed by atoms with Crippen molar-refractivity contribution in [3.05, 3.63) is 5.92 Å². The van der Waals surface area contributed by atoms with Crippen LogP contribution in [0.1, 0.15) is 13.8 Å². The lowest BCUT2D eigenvalue weighted by Crippen LogP contribution is -2.45. The predicted molar refractivity (Wildman–Crippen MR) is 43.0 cm³/mol. The molecular weight excluding hydrogens is 142 g/mol. The quantitative estimate of drug-likeness (QED) is 0.625. The first-order chi connectivity index (χ1) is 5.22.